The second-order valence-corrected chi connectivity index (χ2v) is 12.1. The zero-order valence-electron chi connectivity index (χ0n) is 19.2. The lowest BCUT2D eigenvalue weighted by molar-refractivity contribution is 0.0839. The number of sulfonamides is 2. The smallest absolute Gasteiger partial charge is 0.283 e. The van der Waals surface area contributed by atoms with Crippen molar-refractivity contribution in [3.63, 3.8) is 0 Å². The molecule has 7 nitrogen and oxygen atoms in total. The van der Waals surface area contributed by atoms with Gasteiger partial charge in [0.2, 0.25) is 10.0 Å². The van der Waals surface area contributed by atoms with Gasteiger partial charge < -0.3 is 4.90 Å². The van der Waals surface area contributed by atoms with E-state index < -0.39 is 26.2 Å². The van der Waals surface area contributed by atoms with Gasteiger partial charge in [-0.2, -0.15) is 12.7 Å². The Bertz CT molecular complexity index is 1190. The van der Waals surface area contributed by atoms with Crippen molar-refractivity contribution in [2.24, 2.45) is 10.3 Å². The summed E-state index contributed by atoms with van der Waals surface area (Å²) in [6.07, 6.45) is 0.0400. The van der Waals surface area contributed by atoms with Crippen LogP contribution in [-0.2, 0) is 20.0 Å². The average molecular weight is 478 g/mol. The van der Waals surface area contributed by atoms with Gasteiger partial charge in [-0.1, -0.05) is 49.2 Å². The van der Waals surface area contributed by atoms with Crippen molar-refractivity contribution in [1.82, 2.24) is 9.21 Å². The van der Waals surface area contributed by atoms with Crippen LogP contribution in [-0.4, -0.2) is 51.1 Å². The molecule has 0 aliphatic carbocycles. The lowest BCUT2D eigenvalue weighted by Gasteiger charge is -2.45. The fraction of sp³-hybridized carbons (Fsp3) is 0.435. The van der Waals surface area contributed by atoms with Crippen molar-refractivity contribution < 1.29 is 16.8 Å². The Kier molecular flexibility index (Phi) is 7.12. The van der Waals surface area contributed by atoms with Gasteiger partial charge in [-0.05, 0) is 57.4 Å². The second-order valence-electron chi connectivity index (χ2n) is 8.56. The predicted molar refractivity (Wildman–Crippen MR) is 126 cm³/mol. The summed E-state index contributed by atoms with van der Waals surface area (Å²) in [5.74, 6) is 0.204. The molecule has 2 aromatic rings. The highest BCUT2D eigenvalue weighted by molar-refractivity contribution is 7.90. The van der Waals surface area contributed by atoms with E-state index >= 15 is 0 Å². The number of benzene rings is 2. The number of hydrogen-bond donors (Lipinski definition) is 0. The lowest BCUT2D eigenvalue weighted by atomic mass is 10.1. The highest BCUT2D eigenvalue weighted by Crippen LogP contribution is 2.29. The summed E-state index contributed by atoms with van der Waals surface area (Å²) in [5, 5.41) is 0. The van der Waals surface area contributed by atoms with E-state index in [1.807, 2.05) is 27.7 Å². The quantitative estimate of drug-likeness (QED) is 0.483. The number of nitrogens with zero attached hydrogens (tertiary/aromatic N) is 3. The summed E-state index contributed by atoms with van der Waals surface area (Å²) in [6, 6.07) is 13.3. The second kappa shape index (κ2) is 9.33. The van der Waals surface area contributed by atoms with Crippen LogP contribution in [0.5, 0.6) is 0 Å². The van der Waals surface area contributed by atoms with Crippen molar-refractivity contribution in [3.05, 3.63) is 59.7 Å². The maximum atomic E-state index is 13.5. The summed E-state index contributed by atoms with van der Waals surface area (Å²) in [7, 11) is -7.66. The third-order valence-corrected chi connectivity index (χ3v) is 8.86. The summed E-state index contributed by atoms with van der Waals surface area (Å²) >= 11 is 0. The van der Waals surface area contributed by atoms with Crippen molar-refractivity contribution in [3.8, 4) is 0 Å². The number of rotatable bonds is 5. The first kappa shape index (κ1) is 24.4. The van der Waals surface area contributed by atoms with Crippen LogP contribution in [0.3, 0.4) is 0 Å². The summed E-state index contributed by atoms with van der Waals surface area (Å²) < 4.78 is 58.2. The van der Waals surface area contributed by atoms with Crippen LogP contribution in [0.25, 0.3) is 0 Å². The Morgan fingerprint density at radius 1 is 0.875 bits per heavy atom. The molecule has 0 radical (unpaired) electrons. The topological polar surface area (TPSA) is 87.1 Å². The average Bonchev–Trinajstić information content (AvgIpc) is 2.73. The minimum absolute atomic E-state index is 0.0808. The predicted octanol–water partition coefficient (Wildman–Crippen LogP) is 3.79. The number of aryl methyl sites for hydroxylation is 2. The van der Waals surface area contributed by atoms with E-state index in [-0.39, 0.29) is 21.5 Å². The highest BCUT2D eigenvalue weighted by Gasteiger charge is 2.40. The maximum Gasteiger partial charge on any atom is 0.283 e. The first-order valence-corrected chi connectivity index (χ1v) is 13.5. The van der Waals surface area contributed by atoms with E-state index in [0.717, 1.165) is 11.1 Å². The van der Waals surface area contributed by atoms with Gasteiger partial charge in [0.25, 0.3) is 10.0 Å². The fourth-order valence-electron chi connectivity index (χ4n) is 3.96. The number of amidine groups is 1. The van der Waals surface area contributed by atoms with E-state index in [2.05, 4.69) is 4.40 Å². The Morgan fingerprint density at radius 2 is 1.38 bits per heavy atom. The molecule has 1 saturated heterocycles. The van der Waals surface area contributed by atoms with Gasteiger partial charge in [-0.25, -0.2) is 8.42 Å². The molecule has 1 aliphatic rings. The van der Waals surface area contributed by atoms with E-state index in [4.69, 9.17) is 0 Å². The molecule has 9 heteroatoms. The molecule has 1 fully saturated rings. The molecular weight excluding hydrogens is 446 g/mol. The normalized spacial score (nSPS) is 18.9. The summed E-state index contributed by atoms with van der Waals surface area (Å²) in [4.78, 5) is 2.15. The first-order valence-electron chi connectivity index (χ1n) is 10.7. The molecule has 3 rings (SSSR count). The standard InChI is InChI=1S/C23H31N3O4S2/c1-17(2)23-25(20(5)24-31(27,28)21-11-7-18(3)8-12-21)15-6-16-26(23)32(29,30)22-13-9-19(4)10-14-22/h7-14,17,23H,6,15-16H2,1-5H3. The van der Waals surface area contributed by atoms with E-state index in [0.29, 0.717) is 19.5 Å². The minimum Gasteiger partial charge on any atom is -0.343 e. The fourth-order valence-corrected chi connectivity index (χ4v) is 6.76. The van der Waals surface area contributed by atoms with Crippen LogP contribution in [0.15, 0.2) is 62.7 Å². The van der Waals surface area contributed by atoms with E-state index in [1.165, 1.54) is 16.4 Å². The van der Waals surface area contributed by atoms with Gasteiger partial charge in [0.05, 0.1) is 16.0 Å². The highest BCUT2D eigenvalue weighted by atomic mass is 32.2. The molecule has 0 bridgehead atoms. The molecule has 32 heavy (non-hydrogen) atoms. The molecule has 174 valence electrons. The lowest BCUT2D eigenvalue weighted by Crippen LogP contribution is -2.59. The van der Waals surface area contributed by atoms with Gasteiger partial charge in [0.1, 0.15) is 5.84 Å². The maximum absolute atomic E-state index is 13.5. The Balaban J connectivity index is 1.98. The molecule has 1 aliphatic heterocycles. The molecule has 0 spiro atoms. The van der Waals surface area contributed by atoms with Gasteiger partial charge >= 0.3 is 0 Å². The molecule has 1 atom stereocenters. The van der Waals surface area contributed by atoms with Gasteiger partial charge in [0, 0.05) is 13.1 Å². The van der Waals surface area contributed by atoms with Gasteiger partial charge in [-0.15, -0.1) is 4.40 Å². The molecule has 0 N–H and O–H groups in total. The SMILES string of the molecule is CC(=NS(=O)(=O)c1ccc(C)cc1)N1CCCN(S(=O)(=O)c2ccc(C)cc2)C1C(C)C. The van der Waals surface area contributed by atoms with Crippen LogP contribution >= 0.6 is 0 Å². The summed E-state index contributed by atoms with van der Waals surface area (Å²) in [6.45, 7) is 10.2. The summed E-state index contributed by atoms with van der Waals surface area (Å²) in [5.41, 5.74) is 1.94. The van der Waals surface area contributed by atoms with Crippen molar-refractivity contribution in [2.45, 2.75) is 57.0 Å². The van der Waals surface area contributed by atoms with E-state index in [1.54, 1.807) is 48.2 Å². The first-order chi connectivity index (χ1) is 14.9. The van der Waals surface area contributed by atoms with Crippen LogP contribution in [0.2, 0.25) is 0 Å². The molecule has 1 unspecified atom stereocenters. The zero-order chi connectivity index (χ0) is 23.7. The third kappa shape index (κ3) is 5.05. The molecule has 0 saturated carbocycles. The number of hydrogen-bond acceptors (Lipinski definition) is 4. The Morgan fingerprint density at radius 3 is 1.88 bits per heavy atom. The van der Waals surface area contributed by atoms with Crippen molar-refractivity contribution in [1.29, 1.82) is 0 Å². The molecule has 2 aromatic carbocycles. The van der Waals surface area contributed by atoms with Gasteiger partial charge in [-0.3, -0.25) is 0 Å². The Labute approximate surface area is 191 Å². The van der Waals surface area contributed by atoms with Crippen LogP contribution < -0.4 is 0 Å². The van der Waals surface area contributed by atoms with Crippen molar-refractivity contribution in [2.75, 3.05) is 13.1 Å². The Hall–Kier alpha value is -2.23. The van der Waals surface area contributed by atoms with Crippen molar-refractivity contribution >= 4 is 25.9 Å². The van der Waals surface area contributed by atoms with Crippen LogP contribution in [0.4, 0.5) is 0 Å². The molecular formula is C23H31N3O4S2. The minimum atomic E-state index is -3.91. The largest absolute Gasteiger partial charge is 0.343 e. The van der Waals surface area contributed by atoms with Crippen LogP contribution in [0, 0.1) is 19.8 Å². The molecule has 1 heterocycles. The molecule has 0 amide bonds. The third-order valence-electron chi connectivity index (χ3n) is 5.60. The zero-order valence-corrected chi connectivity index (χ0v) is 20.8. The van der Waals surface area contributed by atoms with Crippen LogP contribution in [0.1, 0.15) is 38.3 Å². The van der Waals surface area contributed by atoms with E-state index in [9.17, 15) is 16.8 Å². The molecule has 0 aromatic heterocycles. The monoisotopic (exact) mass is 477 g/mol. The van der Waals surface area contributed by atoms with Gasteiger partial charge in [0.15, 0.2) is 0 Å².